The molecule has 0 aliphatic rings. The van der Waals surface area contributed by atoms with E-state index >= 15 is 0 Å². The smallest absolute Gasteiger partial charge is 0.130 e. The lowest BCUT2D eigenvalue weighted by atomic mass is 9.86. The number of phenolic OH excluding ortho intramolecular Hbond substituents is 1. The van der Waals surface area contributed by atoms with E-state index in [0.29, 0.717) is 5.56 Å². The van der Waals surface area contributed by atoms with Crippen LogP contribution in [-0.2, 0) is 5.41 Å². The number of hydrogen-bond donors (Lipinski definition) is 1. The van der Waals surface area contributed by atoms with Gasteiger partial charge >= 0.3 is 0 Å². The highest BCUT2D eigenvalue weighted by Crippen LogP contribution is 2.28. The van der Waals surface area contributed by atoms with Crippen molar-refractivity contribution in [3.8, 4) is 17.9 Å². The maximum absolute atomic E-state index is 9.68. The van der Waals surface area contributed by atoms with Crippen LogP contribution in [0, 0.1) is 22.7 Å². The summed E-state index contributed by atoms with van der Waals surface area (Å²) in [5.41, 5.74) is 1.47. The van der Waals surface area contributed by atoms with Crippen LogP contribution in [0.2, 0.25) is 0 Å². The molecule has 0 spiro atoms. The van der Waals surface area contributed by atoms with Gasteiger partial charge in [0.2, 0.25) is 0 Å². The summed E-state index contributed by atoms with van der Waals surface area (Å²) in [6.07, 6.45) is 1.39. The van der Waals surface area contributed by atoms with Gasteiger partial charge in [0.05, 0.1) is 0 Å². The van der Waals surface area contributed by atoms with Gasteiger partial charge in [-0.15, -0.1) is 0 Å². The summed E-state index contributed by atoms with van der Waals surface area (Å²) in [5.74, 6) is 0.0704. The number of nitriles is 2. The van der Waals surface area contributed by atoms with Crippen LogP contribution in [-0.4, -0.2) is 5.11 Å². The molecule has 0 fully saturated rings. The lowest BCUT2D eigenvalue weighted by Crippen LogP contribution is -2.10. The Labute approximate surface area is 101 Å². The first kappa shape index (κ1) is 12.8. The third kappa shape index (κ3) is 3.09. The molecule has 0 aliphatic carbocycles. The highest BCUT2D eigenvalue weighted by Gasteiger charge is 2.14. The van der Waals surface area contributed by atoms with E-state index in [9.17, 15) is 5.11 Å². The van der Waals surface area contributed by atoms with Crippen LogP contribution < -0.4 is 0 Å². The van der Waals surface area contributed by atoms with Gasteiger partial charge in [-0.25, -0.2) is 0 Å². The van der Waals surface area contributed by atoms with Gasteiger partial charge in [0.15, 0.2) is 0 Å². The molecule has 0 aliphatic heterocycles. The van der Waals surface area contributed by atoms with Crippen molar-refractivity contribution >= 4 is 6.08 Å². The van der Waals surface area contributed by atoms with Crippen LogP contribution in [0.3, 0.4) is 0 Å². The number of phenols is 1. The minimum atomic E-state index is -0.0459. The fourth-order valence-corrected chi connectivity index (χ4v) is 1.38. The van der Waals surface area contributed by atoms with E-state index in [1.54, 1.807) is 24.3 Å². The highest BCUT2D eigenvalue weighted by molar-refractivity contribution is 5.66. The zero-order valence-corrected chi connectivity index (χ0v) is 10.2. The van der Waals surface area contributed by atoms with Gasteiger partial charge in [0.25, 0.3) is 0 Å². The quantitative estimate of drug-likeness (QED) is 0.748. The Morgan fingerprint density at radius 1 is 1.24 bits per heavy atom. The summed E-state index contributed by atoms with van der Waals surface area (Å²) in [7, 11) is 0. The molecule has 86 valence electrons. The van der Waals surface area contributed by atoms with Gasteiger partial charge < -0.3 is 5.11 Å². The predicted octanol–water partition coefficient (Wildman–Crippen LogP) is 3.12. The molecule has 1 aromatic rings. The van der Waals surface area contributed by atoms with Crippen molar-refractivity contribution < 1.29 is 5.11 Å². The molecule has 3 heteroatoms. The van der Waals surface area contributed by atoms with E-state index < -0.39 is 0 Å². The Bertz CT molecular complexity index is 521. The van der Waals surface area contributed by atoms with Gasteiger partial charge in [-0.1, -0.05) is 26.8 Å². The number of nitrogens with zero attached hydrogens (tertiary/aromatic N) is 2. The summed E-state index contributed by atoms with van der Waals surface area (Å²) in [5, 5.41) is 27.0. The third-order valence-electron chi connectivity index (χ3n) is 2.43. The number of benzene rings is 1. The van der Waals surface area contributed by atoms with Gasteiger partial charge in [-0.3, -0.25) is 0 Å². The molecule has 0 atom stereocenters. The van der Waals surface area contributed by atoms with Crippen molar-refractivity contribution in [3.63, 3.8) is 0 Å². The van der Waals surface area contributed by atoms with Crippen LogP contribution in [0.15, 0.2) is 23.8 Å². The average molecular weight is 226 g/mol. The molecule has 0 saturated heterocycles. The Balaban J connectivity index is 3.32. The van der Waals surface area contributed by atoms with Crippen molar-refractivity contribution in [1.82, 2.24) is 0 Å². The minimum absolute atomic E-state index is 0.0219. The van der Waals surface area contributed by atoms with Crippen molar-refractivity contribution in [2.24, 2.45) is 0 Å². The Hall–Kier alpha value is -2.26. The number of hydrogen-bond acceptors (Lipinski definition) is 3. The van der Waals surface area contributed by atoms with E-state index in [1.807, 2.05) is 6.07 Å². The second kappa shape index (κ2) is 4.72. The number of aromatic hydroxyl groups is 1. The molecule has 0 radical (unpaired) electrons. The van der Waals surface area contributed by atoms with Crippen molar-refractivity contribution in [2.45, 2.75) is 26.2 Å². The summed E-state index contributed by atoms with van der Waals surface area (Å²) >= 11 is 0. The molecule has 0 unspecified atom stereocenters. The molecule has 0 saturated carbocycles. The lowest BCUT2D eigenvalue weighted by Gasteiger charge is -2.19. The van der Waals surface area contributed by atoms with Crippen LogP contribution in [0.1, 0.15) is 31.9 Å². The summed E-state index contributed by atoms with van der Waals surface area (Å²) in [6.45, 7) is 6.17. The van der Waals surface area contributed by atoms with Gasteiger partial charge in [0, 0.05) is 5.56 Å². The molecule has 0 bridgehead atoms. The normalized spacial score (nSPS) is 10.2. The van der Waals surface area contributed by atoms with Crippen molar-refractivity contribution in [2.75, 3.05) is 0 Å². The fraction of sp³-hybridized carbons (Fsp3) is 0.286. The lowest BCUT2D eigenvalue weighted by molar-refractivity contribution is 0.472. The zero-order valence-electron chi connectivity index (χ0n) is 10.2. The maximum atomic E-state index is 9.68. The SMILES string of the molecule is CC(C)(C)c1ccc(O)c(C=C(C#N)C#N)c1. The minimum Gasteiger partial charge on any atom is -0.507 e. The highest BCUT2D eigenvalue weighted by atomic mass is 16.3. The van der Waals surface area contributed by atoms with Crippen LogP contribution in [0.4, 0.5) is 0 Å². The molecule has 0 heterocycles. The zero-order chi connectivity index (χ0) is 13.1. The van der Waals surface area contributed by atoms with Gasteiger partial charge in [0.1, 0.15) is 23.5 Å². The van der Waals surface area contributed by atoms with Crippen LogP contribution >= 0.6 is 0 Å². The molecular weight excluding hydrogens is 212 g/mol. The topological polar surface area (TPSA) is 67.8 Å². The van der Waals surface area contributed by atoms with E-state index in [-0.39, 0.29) is 16.7 Å². The average Bonchev–Trinajstić information content (AvgIpc) is 2.26. The summed E-state index contributed by atoms with van der Waals surface area (Å²) < 4.78 is 0. The maximum Gasteiger partial charge on any atom is 0.130 e. The summed E-state index contributed by atoms with van der Waals surface area (Å²) in [6, 6.07) is 8.77. The first-order valence-electron chi connectivity index (χ1n) is 5.24. The monoisotopic (exact) mass is 226 g/mol. The molecule has 17 heavy (non-hydrogen) atoms. The van der Waals surface area contributed by atoms with E-state index in [1.165, 1.54) is 6.08 Å². The fourth-order valence-electron chi connectivity index (χ4n) is 1.38. The van der Waals surface area contributed by atoms with Gasteiger partial charge in [-0.2, -0.15) is 10.5 Å². The van der Waals surface area contributed by atoms with E-state index in [2.05, 4.69) is 20.8 Å². The van der Waals surface area contributed by atoms with Crippen molar-refractivity contribution in [1.29, 1.82) is 10.5 Å². The third-order valence-corrected chi connectivity index (χ3v) is 2.43. The Morgan fingerprint density at radius 3 is 2.29 bits per heavy atom. The second-order valence-electron chi connectivity index (χ2n) is 4.81. The molecule has 1 N–H and O–H groups in total. The standard InChI is InChI=1S/C14H14N2O/c1-14(2,3)12-4-5-13(17)11(7-12)6-10(8-15)9-16/h4-7,17H,1-3H3. The first-order chi connectivity index (χ1) is 7.88. The van der Waals surface area contributed by atoms with E-state index in [0.717, 1.165) is 5.56 Å². The molecule has 0 aromatic heterocycles. The molecule has 1 rings (SSSR count). The molecule has 3 nitrogen and oxygen atoms in total. The Kier molecular flexibility index (Phi) is 3.55. The number of rotatable bonds is 1. The number of allylic oxidation sites excluding steroid dienone is 1. The Morgan fingerprint density at radius 2 is 1.82 bits per heavy atom. The second-order valence-corrected chi connectivity index (χ2v) is 4.81. The largest absolute Gasteiger partial charge is 0.507 e. The molecule has 1 aromatic carbocycles. The van der Waals surface area contributed by atoms with E-state index in [4.69, 9.17) is 10.5 Å². The van der Waals surface area contributed by atoms with Crippen molar-refractivity contribution in [3.05, 3.63) is 34.9 Å². The van der Waals surface area contributed by atoms with Crippen LogP contribution in [0.5, 0.6) is 5.75 Å². The van der Waals surface area contributed by atoms with Gasteiger partial charge in [-0.05, 0) is 29.2 Å². The predicted molar refractivity (Wildman–Crippen MR) is 66.0 cm³/mol. The van der Waals surface area contributed by atoms with Crippen LogP contribution in [0.25, 0.3) is 6.08 Å². The molecular formula is C14H14N2O. The summed E-state index contributed by atoms with van der Waals surface area (Å²) in [4.78, 5) is 0. The molecule has 0 amide bonds. The first-order valence-corrected chi connectivity index (χ1v) is 5.24.